The second-order valence-corrected chi connectivity index (χ2v) is 7.22. The monoisotopic (exact) mass is 312 g/mol. The Labute approximate surface area is 124 Å². The van der Waals surface area contributed by atoms with Crippen LogP contribution in [-0.2, 0) is 14.8 Å². The second-order valence-electron chi connectivity index (χ2n) is 5.56. The maximum absolute atomic E-state index is 12.1. The average molecular weight is 312 g/mol. The fraction of sp³-hybridized carbons (Fsp3) is 0.429. The molecule has 0 aromatic heterocycles. The lowest BCUT2D eigenvalue weighted by molar-refractivity contribution is -0.138. The lowest BCUT2D eigenvalue weighted by Crippen LogP contribution is -2.29. The summed E-state index contributed by atoms with van der Waals surface area (Å²) in [6, 6.07) is 6.37. The Morgan fingerprint density at radius 2 is 1.81 bits per heavy atom. The summed E-state index contributed by atoms with van der Waals surface area (Å²) in [4.78, 5) is 13.0. The van der Waals surface area contributed by atoms with Crippen LogP contribution >= 0.6 is 0 Å². The lowest BCUT2D eigenvalue weighted by Gasteiger charge is -2.22. The van der Waals surface area contributed by atoms with Gasteiger partial charge in [0.05, 0.1) is 11.3 Å². The first-order chi connectivity index (χ1) is 9.54. The Morgan fingerprint density at radius 3 is 2.29 bits per heavy atom. The van der Waals surface area contributed by atoms with Gasteiger partial charge in [-0.15, -0.1) is 0 Å². The molecule has 0 saturated heterocycles. The first-order valence-corrected chi connectivity index (χ1v) is 7.88. The molecule has 0 bridgehead atoms. The third-order valence-corrected chi connectivity index (χ3v) is 4.46. The second kappa shape index (κ2) is 6.26. The molecule has 0 amide bonds. The quantitative estimate of drug-likeness (QED) is 0.621. The molecule has 0 saturated carbocycles. The van der Waals surface area contributed by atoms with E-state index in [2.05, 4.69) is 9.93 Å². The Bertz CT molecular complexity index is 646. The van der Waals surface area contributed by atoms with Crippen molar-refractivity contribution in [2.24, 2.45) is 10.5 Å². The molecule has 0 radical (unpaired) electrons. The predicted molar refractivity (Wildman–Crippen MR) is 80.6 cm³/mol. The van der Waals surface area contributed by atoms with Crippen LogP contribution in [0.3, 0.4) is 0 Å². The zero-order valence-corrected chi connectivity index (χ0v) is 13.4. The van der Waals surface area contributed by atoms with Gasteiger partial charge in [0.15, 0.2) is 0 Å². The van der Waals surface area contributed by atoms with Gasteiger partial charge < -0.3 is 5.11 Å². The van der Waals surface area contributed by atoms with Gasteiger partial charge in [-0.1, -0.05) is 31.5 Å². The molecule has 0 heterocycles. The van der Waals surface area contributed by atoms with Crippen molar-refractivity contribution < 1.29 is 18.3 Å². The minimum Gasteiger partial charge on any atom is -0.481 e. The van der Waals surface area contributed by atoms with Gasteiger partial charge in [-0.2, -0.15) is 13.5 Å². The molecule has 1 aromatic rings. The molecular formula is C14H20N2O4S. The van der Waals surface area contributed by atoms with Crippen LogP contribution in [0.2, 0.25) is 0 Å². The summed E-state index contributed by atoms with van der Waals surface area (Å²) < 4.78 is 24.1. The third-order valence-electron chi connectivity index (χ3n) is 3.24. The number of carboxylic acid groups (broad SMARTS) is 1. The SMILES string of the molecule is C/C(=N\NS(=O)(=O)c1ccc(C)cc1)C(C)(C)CC(=O)O. The molecule has 0 aliphatic rings. The first-order valence-electron chi connectivity index (χ1n) is 6.40. The number of benzene rings is 1. The van der Waals surface area contributed by atoms with Crippen molar-refractivity contribution in [3.63, 3.8) is 0 Å². The fourth-order valence-corrected chi connectivity index (χ4v) is 2.41. The van der Waals surface area contributed by atoms with E-state index < -0.39 is 21.4 Å². The fourth-order valence-electron chi connectivity index (χ4n) is 1.56. The summed E-state index contributed by atoms with van der Waals surface area (Å²) >= 11 is 0. The number of carboxylic acids is 1. The summed E-state index contributed by atoms with van der Waals surface area (Å²) in [6.07, 6.45) is -0.130. The molecule has 0 unspecified atom stereocenters. The van der Waals surface area contributed by atoms with Crippen molar-refractivity contribution in [3.05, 3.63) is 29.8 Å². The zero-order valence-electron chi connectivity index (χ0n) is 12.5. The van der Waals surface area contributed by atoms with Gasteiger partial charge in [-0.25, -0.2) is 4.83 Å². The van der Waals surface area contributed by atoms with Crippen LogP contribution < -0.4 is 4.83 Å². The number of hydrazone groups is 1. The summed E-state index contributed by atoms with van der Waals surface area (Å²) in [5.41, 5.74) is 0.624. The summed E-state index contributed by atoms with van der Waals surface area (Å²) in [5, 5.41) is 12.7. The maximum Gasteiger partial charge on any atom is 0.304 e. The molecule has 0 fully saturated rings. The largest absolute Gasteiger partial charge is 0.481 e. The van der Waals surface area contributed by atoms with Crippen molar-refractivity contribution in [3.8, 4) is 0 Å². The van der Waals surface area contributed by atoms with Crippen LogP contribution in [0.15, 0.2) is 34.3 Å². The normalized spacial score (nSPS) is 13.0. The van der Waals surface area contributed by atoms with E-state index in [1.807, 2.05) is 6.92 Å². The highest BCUT2D eigenvalue weighted by Gasteiger charge is 2.26. The molecule has 2 N–H and O–H groups in total. The molecule has 0 atom stereocenters. The minimum absolute atomic E-state index is 0.112. The number of hydrogen-bond donors (Lipinski definition) is 2. The smallest absolute Gasteiger partial charge is 0.304 e. The Hall–Kier alpha value is -1.89. The van der Waals surface area contributed by atoms with E-state index in [-0.39, 0.29) is 11.3 Å². The summed E-state index contributed by atoms with van der Waals surface area (Å²) in [7, 11) is -3.75. The van der Waals surface area contributed by atoms with Crippen molar-refractivity contribution >= 4 is 21.7 Å². The number of aryl methyl sites for hydroxylation is 1. The molecule has 0 aliphatic heterocycles. The highest BCUT2D eigenvalue weighted by molar-refractivity contribution is 7.89. The topological polar surface area (TPSA) is 95.8 Å². The third kappa shape index (κ3) is 4.86. The molecule has 7 heteroatoms. The van der Waals surface area contributed by atoms with E-state index >= 15 is 0 Å². The van der Waals surface area contributed by atoms with E-state index in [0.717, 1.165) is 5.56 Å². The molecule has 21 heavy (non-hydrogen) atoms. The summed E-state index contributed by atoms with van der Waals surface area (Å²) in [5.74, 6) is -0.962. The van der Waals surface area contributed by atoms with Gasteiger partial charge in [0.1, 0.15) is 0 Å². The highest BCUT2D eigenvalue weighted by atomic mass is 32.2. The van der Waals surface area contributed by atoms with Crippen molar-refractivity contribution in [1.29, 1.82) is 0 Å². The number of hydrogen-bond acceptors (Lipinski definition) is 4. The zero-order chi connectivity index (χ0) is 16.3. The predicted octanol–water partition coefficient (Wildman–Crippen LogP) is 2.15. The Kier molecular flexibility index (Phi) is 5.11. The van der Waals surface area contributed by atoms with Crippen molar-refractivity contribution in [2.75, 3.05) is 0 Å². The van der Waals surface area contributed by atoms with Crippen LogP contribution in [-0.4, -0.2) is 25.2 Å². The lowest BCUT2D eigenvalue weighted by atomic mass is 9.85. The van der Waals surface area contributed by atoms with Crippen molar-refractivity contribution in [1.82, 2.24) is 4.83 Å². The molecular weight excluding hydrogens is 292 g/mol. The standard InChI is InChI=1S/C14H20N2O4S/c1-10-5-7-12(8-6-10)21(19,20)16-15-11(2)14(3,4)9-13(17)18/h5-8,16H,9H2,1-4H3,(H,17,18)/b15-11+. The van der Waals surface area contributed by atoms with Gasteiger partial charge in [0, 0.05) is 11.1 Å². The van der Waals surface area contributed by atoms with Crippen LogP contribution in [0.1, 0.15) is 32.8 Å². The van der Waals surface area contributed by atoms with Crippen LogP contribution in [0.4, 0.5) is 0 Å². The van der Waals surface area contributed by atoms with E-state index in [1.165, 1.54) is 12.1 Å². The molecule has 116 valence electrons. The van der Waals surface area contributed by atoms with Gasteiger partial charge >= 0.3 is 5.97 Å². The average Bonchev–Trinajstić information content (AvgIpc) is 2.35. The number of aliphatic carboxylic acids is 1. The molecule has 1 rings (SSSR count). The van der Waals surface area contributed by atoms with E-state index in [1.54, 1.807) is 32.9 Å². The minimum atomic E-state index is -3.75. The van der Waals surface area contributed by atoms with Gasteiger partial charge in [0.25, 0.3) is 10.0 Å². The first kappa shape index (κ1) is 17.2. The van der Waals surface area contributed by atoms with Gasteiger partial charge in [0.2, 0.25) is 0 Å². The molecule has 6 nitrogen and oxygen atoms in total. The summed E-state index contributed by atoms with van der Waals surface area (Å²) in [6.45, 7) is 6.85. The number of nitrogens with zero attached hydrogens (tertiary/aromatic N) is 1. The van der Waals surface area contributed by atoms with Crippen LogP contribution in [0, 0.1) is 12.3 Å². The van der Waals surface area contributed by atoms with Gasteiger partial charge in [-0.3, -0.25) is 4.79 Å². The van der Waals surface area contributed by atoms with Crippen molar-refractivity contribution in [2.45, 2.75) is 39.0 Å². The van der Waals surface area contributed by atoms with E-state index in [4.69, 9.17) is 5.11 Å². The number of rotatable bonds is 6. The number of carbonyl (C=O) groups is 1. The van der Waals surface area contributed by atoms with E-state index in [9.17, 15) is 13.2 Å². The highest BCUT2D eigenvalue weighted by Crippen LogP contribution is 2.22. The maximum atomic E-state index is 12.1. The molecule has 0 spiro atoms. The van der Waals surface area contributed by atoms with Gasteiger partial charge in [-0.05, 0) is 26.0 Å². The molecule has 1 aromatic carbocycles. The van der Waals surface area contributed by atoms with E-state index in [0.29, 0.717) is 5.71 Å². The number of sulfonamides is 1. The Morgan fingerprint density at radius 1 is 1.29 bits per heavy atom. The van der Waals surface area contributed by atoms with Crippen LogP contribution in [0.5, 0.6) is 0 Å². The number of nitrogens with one attached hydrogen (secondary N) is 1. The van der Waals surface area contributed by atoms with Crippen LogP contribution in [0.25, 0.3) is 0 Å². The Balaban J connectivity index is 2.92. The molecule has 0 aliphatic carbocycles.